The van der Waals surface area contributed by atoms with Crippen molar-refractivity contribution in [1.29, 1.82) is 0 Å². The molecule has 0 saturated carbocycles. The summed E-state index contributed by atoms with van der Waals surface area (Å²) in [7, 11) is 0. The number of amides is 1. The predicted molar refractivity (Wildman–Crippen MR) is 87.3 cm³/mol. The first-order valence-corrected chi connectivity index (χ1v) is 8.71. The van der Waals surface area contributed by atoms with Crippen LogP contribution in [0.15, 0.2) is 29.7 Å². The van der Waals surface area contributed by atoms with Crippen molar-refractivity contribution in [1.82, 2.24) is 15.0 Å². The molecule has 25 heavy (non-hydrogen) atoms. The zero-order valence-corrected chi connectivity index (χ0v) is 14.0. The van der Waals surface area contributed by atoms with E-state index in [1.165, 1.54) is 6.20 Å². The molecule has 0 aliphatic heterocycles. The topological polar surface area (TPSA) is 67.8 Å². The van der Waals surface area contributed by atoms with Crippen molar-refractivity contribution in [2.24, 2.45) is 0 Å². The lowest BCUT2D eigenvalue weighted by Crippen LogP contribution is -2.20. The van der Waals surface area contributed by atoms with Crippen molar-refractivity contribution >= 4 is 23.4 Å². The number of pyridine rings is 1. The van der Waals surface area contributed by atoms with Crippen LogP contribution in [0, 0.1) is 0 Å². The van der Waals surface area contributed by atoms with Gasteiger partial charge in [0, 0.05) is 17.5 Å². The third kappa shape index (κ3) is 4.47. The summed E-state index contributed by atoms with van der Waals surface area (Å²) >= 11 is 0.896. The van der Waals surface area contributed by atoms with Gasteiger partial charge in [-0.3, -0.25) is 9.78 Å². The second kappa shape index (κ2) is 7.38. The van der Waals surface area contributed by atoms with Gasteiger partial charge in [-0.2, -0.15) is 13.2 Å². The van der Waals surface area contributed by atoms with Gasteiger partial charge in [0.2, 0.25) is 5.91 Å². The van der Waals surface area contributed by atoms with E-state index in [1.54, 1.807) is 18.3 Å². The maximum absolute atomic E-state index is 13.3. The van der Waals surface area contributed by atoms with Gasteiger partial charge < -0.3 is 5.32 Å². The Hall–Kier alpha value is -2.16. The molecule has 1 aliphatic carbocycles. The summed E-state index contributed by atoms with van der Waals surface area (Å²) in [6, 6.07) is 3.34. The highest BCUT2D eigenvalue weighted by Gasteiger charge is 2.38. The molecule has 3 rings (SSSR count). The summed E-state index contributed by atoms with van der Waals surface area (Å²) in [5.41, 5.74) is 0.300. The SMILES string of the molecule is O=C(CSc1nc2c(c(C(F)(F)F)n1)CCCC2)Nc1cccnc1. The summed E-state index contributed by atoms with van der Waals surface area (Å²) in [5.74, 6) is -0.432. The normalized spacial score (nSPS) is 14.0. The van der Waals surface area contributed by atoms with Crippen LogP contribution in [-0.4, -0.2) is 26.6 Å². The first-order chi connectivity index (χ1) is 11.9. The summed E-state index contributed by atoms with van der Waals surface area (Å²) in [6.07, 6.45) is 0.917. The zero-order chi connectivity index (χ0) is 17.9. The van der Waals surface area contributed by atoms with Crippen LogP contribution in [-0.2, 0) is 23.8 Å². The number of nitrogens with one attached hydrogen (secondary N) is 1. The second-order valence-electron chi connectivity index (χ2n) is 5.56. The number of alkyl halides is 3. The molecule has 1 amide bonds. The fraction of sp³-hybridized carbons (Fsp3) is 0.375. The van der Waals surface area contributed by atoms with Crippen LogP contribution in [0.1, 0.15) is 29.8 Å². The third-order valence-electron chi connectivity index (χ3n) is 3.71. The Balaban J connectivity index is 1.73. The molecule has 2 aromatic rings. The first kappa shape index (κ1) is 17.7. The third-order valence-corrected chi connectivity index (χ3v) is 4.56. The van der Waals surface area contributed by atoms with E-state index in [4.69, 9.17) is 0 Å². The number of aromatic nitrogens is 3. The molecule has 2 aromatic heterocycles. The number of rotatable bonds is 4. The van der Waals surface area contributed by atoms with Crippen LogP contribution in [0.25, 0.3) is 0 Å². The quantitative estimate of drug-likeness (QED) is 0.661. The molecule has 9 heteroatoms. The van der Waals surface area contributed by atoms with E-state index in [0.29, 0.717) is 30.6 Å². The molecule has 0 saturated heterocycles. The summed E-state index contributed by atoms with van der Waals surface area (Å²) < 4.78 is 39.8. The number of fused-ring (bicyclic) bond motifs is 1. The molecule has 0 atom stereocenters. The van der Waals surface area contributed by atoms with Gasteiger partial charge in [-0.15, -0.1) is 0 Å². The van der Waals surface area contributed by atoms with Crippen LogP contribution < -0.4 is 5.32 Å². The van der Waals surface area contributed by atoms with Gasteiger partial charge in [-0.1, -0.05) is 11.8 Å². The minimum atomic E-state index is -4.52. The Morgan fingerprint density at radius 1 is 1.24 bits per heavy atom. The van der Waals surface area contributed by atoms with Gasteiger partial charge in [0.15, 0.2) is 10.9 Å². The molecule has 0 unspecified atom stereocenters. The molecule has 0 aromatic carbocycles. The molecular formula is C16H15F3N4OS. The summed E-state index contributed by atoms with van der Waals surface area (Å²) in [6.45, 7) is 0. The number of carbonyl (C=O) groups is 1. The van der Waals surface area contributed by atoms with Gasteiger partial charge in [-0.25, -0.2) is 9.97 Å². The van der Waals surface area contributed by atoms with E-state index < -0.39 is 11.9 Å². The van der Waals surface area contributed by atoms with Crippen molar-refractivity contribution in [3.05, 3.63) is 41.5 Å². The molecule has 1 N–H and O–H groups in total. The number of anilines is 1. The lowest BCUT2D eigenvalue weighted by atomic mass is 9.94. The zero-order valence-electron chi connectivity index (χ0n) is 13.1. The smallest absolute Gasteiger partial charge is 0.324 e. The molecule has 0 fully saturated rings. The fourth-order valence-corrected chi connectivity index (χ4v) is 3.30. The monoisotopic (exact) mass is 368 g/mol. The van der Waals surface area contributed by atoms with Crippen molar-refractivity contribution in [3.8, 4) is 0 Å². The van der Waals surface area contributed by atoms with Crippen molar-refractivity contribution < 1.29 is 18.0 Å². The highest BCUT2D eigenvalue weighted by Crippen LogP contribution is 2.35. The Morgan fingerprint density at radius 2 is 2.04 bits per heavy atom. The van der Waals surface area contributed by atoms with Gasteiger partial charge in [0.05, 0.1) is 17.6 Å². The van der Waals surface area contributed by atoms with E-state index in [-0.39, 0.29) is 22.4 Å². The molecule has 5 nitrogen and oxygen atoms in total. The van der Waals surface area contributed by atoms with Crippen LogP contribution >= 0.6 is 11.8 Å². The number of hydrogen-bond donors (Lipinski definition) is 1. The summed E-state index contributed by atoms with van der Waals surface area (Å²) in [4.78, 5) is 23.7. The highest BCUT2D eigenvalue weighted by molar-refractivity contribution is 7.99. The Morgan fingerprint density at radius 3 is 2.76 bits per heavy atom. The van der Waals surface area contributed by atoms with Gasteiger partial charge in [0.1, 0.15) is 0 Å². The van der Waals surface area contributed by atoms with E-state index in [1.807, 2.05) is 0 Å². The van der Waals surface area contributed by atoms with Crippen LogP contribution in [0.2, 0.25) is 0 Å². The van der Waals surface area contributed by atoms with E-state index >= 15 is 0 Å². The Labute approximate surface area is 146 Å². The maximum atomic E-state index is 13.3. The standard InChI is InChI=1S/C16H15F3N4OS/c17-16(18,19)14-11-5-1-2-6-12(11)22-15(23-14)25-9-13(24)21-10-4-3-7-20-8-10/h3-4,7-8H,1-2,5-6,9H2,(H,21,24). The first-order valence-electron chi connectivity index (χ1n) is 7.73. The lowest BCUT2D eigenvalue weighted by Gasteiger charge is -2.20. The molecule has 0 radical (unpaired) electrons. The molecule has 132 valence electrons. The van der Waals surface area contributed by atoms with Crippen molar-refractivity contribution in [2.75, 3.05) is 11.1 Å². The Kier molecular flexibility index (Phi) is 5.22. The largest absolute Gasteiger partial charge is 0.433 e. The predicted octanol–water partition coefficient (Wildman–Crippen LogP) is 3.50. The Bertz CT molecular complexity index is 768. The number of aryl methyl sites for hydroxylation is 1. The highest BCUT2D eigenvalue weighted by atomic mass is 32.2. The number of halogens is 3. The molecular weight excluding hydrogens is 353 g/mol. The molecule has 1 aliphatic rings. The minimum absolute atomic E-state index is 0.0192. The van der Waals surface area contributed by atoms with Gasteiger partial charge >= 0.3 is 6.18 Å². The number of thioether (sulfide) groups is 1. The number of carbonyl (C=O) groups excluding carboxylic acids is 1. The van der Waals surface area contributed by atoms with E-state index in [9.17, 15) is 18.0 Å². The van der Waals surface area contributed by atoms with Crippen LogP contribution in [0.4, 0.5) is 18.9 Å². The molecule has 0 spiro atoms. The van der Waals surface area contributed by atoms with E-state index in [2.05, 4.69) is 20.3 Å². The second-order valence-corrected chi connectivity index (χ2v) is 6.51. The number of hydrogen-bond acceptors (Lipinski definition) is 5. The molecule has 0 bridgehead atoms. The lowest BCUT2D eigenvalue weighted by molar-refractivity contribution is -0.142. The average Bonchev–Trinajstić information content (AvgIpc) is 2.59. The van der Waals surface area contributed by atoms with Gasteiger partial charge in [0.25, 0.3) is 0 Å². The number of nitrogens with zero attached hydrogens (tertiary/aromatic N) is 3. The average molecular weight is 368 g/mol. The minimum Gasteiger partial charge on any atom is -0.324 e. The van der Waals surface area contributed by atoms with Crippen LogP contribution in [0.3, 0.4) is 0 Å². The van der Waals surface area contributed by atoms with Crippen molar-refractivity contribution in [2.45, 2.75) is 37.0 Å². The fourth-order valence-electron chi connectivity index (χ4n) is 2.63. The molecule has 2 heterocycles. The maximum Gasteiger partial charge on any atom is 0.433 e. The summed E-state index contributed by atoms with van der Waals surface area (Å²) in [5, 5.41) is 2.60. The van der Waals surface area contributed by atoms with Crippen molar-refractivity contribution in [3.63, 3.8) is 0 Å². The van der Waals surface area contributed by atoms with Gasteiger partial charge in [-0.05, 0) is 37.8 Å². The van der Waals surface area contributed by atoms with Crippen LogP contribution in [0.5, 0.6) is 0 Å². The van der Waals surface area contributed by atoms with E-state index in [0.717, 1.165) is 18.2 Å².